The van der Waals surface area contributed by atoms with Crippen molar-refractivity contribution in [3.8, 4) is 0 Å². The van der Waals surface area contributed by atoms with Crippen LogP contribution in [0.4, 0.5) is 15.9 Å². The smallest absolute Gasteiger partial charge is 0.176 e. The number of benzene rings is 2. The molecule has 1 heterocycles. The van der Waals surface area contributed by atoms with Gasteiger partial charge in [0.2, 0.25) is 0 Å². The van der Waals surface area contributed by atoms with Gasteiger partial charge in [0.15, 0.2) is 10.9 Å². The lowest BCUT2D eigenvalue weighted by molar-refractivity contribution is 0.581. The molecule has 0 aliphatic carbocycles. The van der Waals surface area contributed by atoms with Gasteiger partial charge in [0.05, 0.1) is 17.3 Å². The van der Waals surface area contributed by atoms with Crippen molar-refractivity contribution < 1.29 is 4.39 Å². The molecule has 4 nitrogen and oxygen atoms in total. The summed E-state index contributed by atoms with van der Waals surface area (Å²) < 4.78 is 15.5. The first kappa shape index (κ1) is 18.6. The third kappa shape index (κ3) is 4.52. The molecule has 2 aromatic carbocycles. The van der Waals surface area contributed by atoms with Gasteiger partial charge in [0.1, 0.15) is 5.82 Å². The van der Waals surface area contributed by atoms with Gasteiger partial charge in [-0.3, -0.25) is 4.68 Å². The fourth-order valence-corrected chi connectivity index (χ4v) is 2.93. The normalized spacial score (nSPS) is 10.6. The van der Waals surface area contributed by atoms with Crippen LogP contribution >= 0.6 is 35.4 Å². The molecule has 0 fully saturated rings. The number of halogens is 3. The Labute approximate surface area is 165 Å². The van der Waals surface area contributed by atoms with Gasteiger partial charge < -0.3 is 10.6 Å². The van der Waals surface area contributed by atoms with Crippen molar-refractivity contribution in [2.24, 2.45) is 0 Å². The quantitative estimate of drug-likeness (QED) is 0.559. The Morgan fingerprint density at radius 2 is 1.92 bits per heavy atom. The molecule has 0 aliphatic heterocycles. The van der Waals surface area contributed by atoms with Gasteiger partial charge in [-0.1, -0.05) is 41.4 Å². The molecule has 0 saturated carbocycles. The van der Waals surface area contributed by atoms with Crippen LogP contribution in [0.2, 0.25) is 10.0 Å². The first-order valence-electron chi connectivity index (χ1n) is 7.73. The van der Waals surface area contributed by atoms with Gasteiger partial charge in [-0.2, -0.15) is 5.10 Å². The molecule has 134 valence electrons. The summed E-state index contributed by atoms with van der Waals surface area (Å²) in [5.74, 6) is 0.291. The van der Waals surface area contributed by atoms with Crippen LogP contribution in [0.15, 0.2) is 48.5 Å². The SMILES string of the molecule is Cc1cc(NC(=S)Nc2cc(Cl)ccc2Cl)nn1Cc1ccccc1F. The topological polar surface area (TPSA) is 41.9 Å². The molecule has 2 N–H and O–H groups in total. The van der Waals surface area contributed by atoms with Crippen LogP contribution in [0.3, 0.4) is 0 Å². The molecule has 0 spiro atoms. The van der Waals surface area contributed by atoms with E-state index in [1.54, 1.807) is 41.1 Å². The summed E-state index contributed by atoms with van der Waals surface area (Å²) in [5.41, 5.74) is 2.04. The Morgan fingerprint density at radius 1 is 1.15 bits per heavy atom. The lowest BCUT2D eigenvalue weighted by atomic mass is 10.2. The number of anilines is 2. The average Bonchev–Trinajstić information content (AvgIpc) is 2.92. The number of aromatic nitrogens is 2. The minimum atomic E-state index is -0.260. The van der Waals surface area contributed by atoms with Crippen molar-refractivity contribution in [2.75, 3.05) is 10.6 Å². The number of thiocarbonyl (C=S) groups is 1. The summed E-state index contributed by atoms with van der Waals surface area (Å²) in [7, 11) is 0. The van der Waals surface area contributed by atoms with Crippen molar-refractivity contribution >= 4 is 52.0 Å². The maximum absolute atomic E-state index is 13.8. The molecule has 0 atom stereocenters. The average molecular weight is 409 g/mol. The minimum Gasteiger partial charge on any atom is -0.331 e. The maximum atomic E-state index is 13.8. The second-order valence-corrected chi connectivity index (χ2v) is 6.88. The van der Waals surface area contributed by atoms with Crippen molar-refractivity contribution in [1.82, 2.24) is 9.78 Å². The van der Waals surface area contributed by atoms with E-state index in [0.717, 1.165) is 5.69 Å². The van der Waals surface area contributed by atoms with Gasteiger partial charge >= 0.3 is 0 Å². The van der Waals surface area contributed by atoms with Crippen LogP contribution in [0.1, 0.15) is 11.3 Å². The van der Waals surface area contributed by atoms with Crippen LogP contribution in [0.25, 0.3) is 0 Å². The van der Waals surface area contributed by atoms with E-state index >= 15 is 0 Å². The molecule has 0 saturated heterocycles. The van der Waals surface area contributed by atoms with E-state index in [9.17, 15) is 4.39 Å². The first-order chi connectivity index (χ1) is 12.4. The number of rotatable bonds is 4. The molecule has 3 rings (SSSR count). The van der Waals surface area contributed by atoms with Crippen molar-refractivity contribution in [1.29, 1.82) is 0 Å². The fourth-order valence-electron chi connectivity index (χ4n) is 2.38. The summed E-state index contributed by atoms with van der Waals surface area (Å²) in [5, 5.41) is 11.8. The second kappa shape index (κ2) is 8.03. The Bertz CT molecular complexity index is 958. The van der Waals surface area contributed by atoms with E-state index in [0.29, 0.717) is 38.8 Å². The van der Waals surface area contributed by atoms with E-state index in [1.807, 2.05) is 13.0 Å². The largest absolute Gasteiger partial charge is 0.331 e. The Morgan fingerprint density at radius 3 is 2.69 bits per heavy atom. The molecular formula is C18H15Cl2FN4S. The van der Waals surface area contributed by atoms with Crippen molar-refractivity contribution in [2.45, 2.75) is 13.5 Å². The molecule has 1 aromatic heterocycles. The van der Waals surface area contributed by atoms with Crippen LogP contribution in [-0.4, -0.2) is 14.9 Å². The second-order valence-electron chi connectivity index (χ2n) is 5.62. The van der Waals surface area contributed by atoms with E-state index in [4.69, 9.17) is 35.4 Å². The Balaban J connectivity index is 1.70. The van der Waals surface area contributed by atoms with Crippen LogP contribution in [0, 0.1) is 12.7 Å². The predicted molar refractivity (Wildman–Crippen MR) is 109 cm³/mol. The van der Waals surface area contributed by atoms with Crippen molar-refractivity contribution in [3.63, 3.8) is 0 Å². The Hall–Kier alpha value is -2.15. The molecule has 0 aliphatic rings. The summed E-state index contributed by atoms with van der Waals surface area (Å²) in [6.45, 7) is 2.23. The van der Waals surface area contributed by atoms with Gasteiger partial charge in [0, 0.05) is 22.3 Å². The van der Waals surface area contributed by atoms with Gasteiger partial charge in [-0.05, 0) is 43.4 Å². The molecule has 0 bridgehead atoms. The highest BCUT2D eigenvalue weighted by molar-refractivity contribution is 7.80. The predicted octanol–water partition coefficient (Wildman–Crippen LogP) is 5.49. The van der Waals surface area contributed by atoms with Gasteiger partial charge in [-0.25, -0.2) is 4.39 Å². The number of nitrogens with one attached hydrogen (secondary N) is 2. The number of aryl methyl sites for hydroxylation is 1. The Kier molecular flexibility index (Phi) is 5.76. The molecule has 3 aromatic rings. The minimum absolute atomic E-state index is 0.260. The maximum Gasteiger partial charge on any atom is 0.176 e. The van der Waals surface area contributed by atoms with E-state index in [2.05, 4.69) is 15.7 Å². The van der Waals surface area contributed by atoms with Crippen LogP contribution in [-0.2, 0) is 6.54 Å². The van der Waals surface area contributed by atoms with Crippen molar-refractivity contribution in [3.05, 3.63) is 75.7 Å². The number of nitrogens with zero attached hydrogens (tertiary/aromatic N) is 2. The molecular weight excluding hydrogens is 394 g/mol. The molecule has 0 unspecified atom stereocenters. The molecule has 8 heteroatoms. The lowest BCUT2D eigenvalue weighted by Gasteiger charge is -2.10. The number of hydrogen-bond donors (Lipinski definition) is 2. The highest BCUT2D eigenvalue weighted by atomic mass is 35.5. The van der Waals surface area contributed by atoms with E-state index < -0.39 is 0 Å². The fraction of sp³-hybridized carbons (Fsp3) is 0.111. The zero-order valence-electron chi connectivity index (χ0n) is 13.8. The third-order valence-corrected chi connectivity index (χ3v) is 4.45. The molecule has 0 radical (unpaired) electrons. The van der Waals surface area contributed by atoms with Crippen LogP contribution < -0.4 is 10.6 Å². The lowest BCUT2D eigenvalue weighted by Crippen LogP contribution is -2.19. The summed E-state index contributed by atoms with van der Waals surface area (Å²) in [4.78, 5) is 0. The number of hydrogen-bond acceptors (Lipinski definition) is 2. The summed E-state index contributed by atoms with van der Waals surface area (Å²) in [6.07, 6.45) is 0. The van der Waals surface area contributed by atoms with E-state index in [1.165, 1.54) is 6.07 Å². The highest BCUT2D eigenvalue weighted by Crippen LogP contribution is 2.25. The highest BCUT2D eigenvalue weighted by Gasteiger charge is 2.10. The first-order valence-corrected chi connectivity index (χ1v) is 8.89. The summed E-state index contributed by atoms with van der Waals surface area (Å²) in [6, 6.07) is 13.5. The zero-order chi connectivity index (χ0) is 18.7. The molecule has 0 amide bonds. The third-order valence-electron chi connectivity index (χ3n) is 3.68. The standard InChI is InChI=1S/C18H15Cl2FN4S/c1-11-8-17(24-25(11)10-12-4-2-3-5-15(12)21)23-18(26)22-16-9-13(19)6-7-14(16)20/h2-9H,10H2,1H3,(H2,22,23,24,26). The monoisotopic (exact) mass is 408 g/mol. The molecule has 26 heavy (non-hydrogen) atoms. The van der Waals surface area contributed by atoms with E-state index in [-0.39, 0.29) is 5.82 Å². The summed E-state index contributed by atoms with van der Waals surface area (Å²) >= 11 is 17.4. The van der Waals surface area contributed by atoms with Gasteiger partial charge in [-0.15, -0.1) is 0 Å². The van der Waals surface area contributed by atoms with Gasteiger partial charge in [0.25, 0.3) is 0 Å². The zero-order valence-corrected chi connectivity index (χ0v) is 16.1. The van der Waals surface area contributed by atoms with Crippen LogP contribution in [0.5, 0.6) is 0 Å².